The van der Waals surface area contributed by atoms with Crippen LogP contribution in [0.1, 0.15) is 24.1 Å². The molecule has 162 valence electrons. The van der Waals surface area contributed by atoms with Crippen LogP contribution >= 0.6 is 0 Å². The first kappa shape index (κ1) is 22.1. The van der Waals surface area contributed by atoms with Crippen molar-refractivity contribution in [2.24, 2.45) is 0 Å². The highest BCUT2D eigenvalue weighted by atomic mass is 19.3. The van der Waals surface area contributed by atoms with E-state index in [9.17, 15) is 13.6 Å². The third kappa shape index (κ3) is 6.44. The lowest BCUT2D eigenvalue weighted by molar-refractivity contribution is -0.123. The van der Waals surface area contributed by atoms with Gasteiger partial charge in [-0.1, -0.05) is 54.6 Å². The molecule has 7 heteroatoms. The molecule has 0 radical (unpaired) electrons. The summed E-state index contributed by atoms with van der Waals surface area (Å²) in [6.07, 6.45) is 0. The second-order valence-electron chi connectivity index (χ2n) is 6.53. The summed E-state index contributed by atoms with van der Waals surface area (Å²) in [6, 6.07) is 22.1. The molecular formula is C24H23F2NO4. The Hall–Kier alpha value is -3.61. The van der Waals surface area contributed by atoms with Crippen LogP contribution in [-0.4, -0.2) is 25.7 Å². The Labute approximate surface area is 179 Å². The molecule has 0 saturated carbocycles. The average molecular weight is 427 g/mol. The molecule has 0 saturated heterocycles. The maximum Gasteiger partial charge on any atom is 0.387 e. The maximum atomic E-state index is 12.7. The van der Waals surface area contributed by atoms with Crippen LogP contribution in [0.15, 0.2) is 78.9 Å². The van der Waals surface area contributed by atoms with Crippen molar-refractivity contribution in [1.29, 1.82) is 0 Å². The van der Waals surface area contributed by atoms with Gasteiger partial charge in [-0.3, -0.25) is 4.79 Å². The molecule has 0 bridgehead atoms. The molecule has 3 aromatic carbocycles. The van der Waals surface area contributed by atoms with Gasteiger partial charge < -0.3 is 19.5 Å². The number of alkyl halides is 2. The van der Waals surface area contributed by atoms with E-state index in [1.165, 1.54) is 12.1 Å². The first-order valence-electron chi connectivity index (χ1n) is 9.80. The Balaban J connectivity index is 1.73. The molecule has 0 fully saturated rings. The van der Waals surface area contributed by atoms with Gasteiger partial charge in [0.15, 0.2) is 18.1 Å². The number of amides is 1. The lowest BCUT2D eigenvalue weighted by atomic mass is 9.98. The van der Waals surface area contributed by atoms with E-state index in [4.69, 9.17) is 9.47 Å². The average Bonchev–Trinajstić information content (AvgIpc) is 2.78. The van der Waals surface area contributed by atoms with E-state index in [1.54, 1.807) is 30.3 Å². The molecule has 0 aliphatic carbocycles. The van der Waals surface area contributed by atoms with Crippen LogP contribution in [0.3, 0.4) is 0 Å². The SMILES string of the molecule is CCOc1ccccc1OCC(=O)NC(c1ccccc1)c1ccc(OC(F)F)cc1. The van der Waals surface area contributed by atoms with Gasteiger partial charge in [-0.25, -0.2) is 0 Å². The summed E-state index contributed by atoms with van der Waals surface area (Å²) in [4.78, 5) is 12.7. The third-order valence-corrected chi connectivity index (χ3v) is 4.38. The van der Waals surface area contributed by atoms with Gasteiger partial charge in [0, 0.05) is 0 Å². The van der Waals surface area contributed by atoms with Crippen LogP contribution in [-0.2, 0) is 4.79 Å². The zero-order valence-electron chi connectivity index (χ0n) is 17.0. The summed E-state index contributed by atoms with van der Waals surface area (Å²) in [7, 11) is 0. The smallest absolute Gasteiger partial charge is 0.387 e. The Morgan fingerprint density at radius 1 is 0.839 bits per heavy atom. The van der Waals surface area contributed by atoms with Crippen LogP contribution in [0.25, 0.3) is 0 Å². The number of nitrogens with one attached hydrogen (secondary N) is 1. The molecule has 3 aromatic rings. The predicted molar refractivity (Wildman–Crippen MR) is 113 cm³/mol. The van der Waals surface area contributed by atoms with E-state index in [0.29, 0.717) is 18.1 Å². The Bertz CT molecular complexity index is 965. The maximum absolute atomic E-state index is 12.7. The van der Waals surface area contributed by atoms with Crippen LogP contribution in [0.5, 0.6) is 17.2 Å². The number of benzene rings is 3. The lowest BCUT2D eigenvalue weighted by Crippen LogP contribution is -2.33. The molecule has 31 heavy (non-hydrogen) atoms. The van der Waals surface area contributed by atoms with Gasteiger partial charge in [0.05, 0.1) is 12.6 Å². The topological polar surface area (TPSA) is 56.8 Å². The molecule has 0 spiro atoms. The zero-order valence-corrected chi connectivity index (χ0v) is 17.0. The Morgan fingerprint density at radius 2 is 1.42 bits per heavy atom. The molecule has 0 aliphatic rings. The highest BCUT2D eigenvalue weighted by molar-refractivity contribution is 5.78. The molecule has 1 amide bonds. The highest BCUT2D eigenvalue weighted by Gasteiger charge is 2.18. The Kier molecular flexibility index (Phi) is 7.81. The van der Waals surface area contributed by atoms with Gasteiger partial charge in [-0.15, -0.1) is 0 Å². The van der Waals surface area contributed by atoms with Crippen LogP contribution in [0.4, 0.5) is 8.78 Å². The molecule has 0 aliphatic heterocycles. The fourth-order valence-electron chi connectivity index (χ4n) is 3.04. The van der Waals surface area contributed by atoms with Crippen molar-refractivity contribution >= 4 is 5.91 Å². The molecular weight excluding hydrogens is 404 g/mol. The number of hydrogen-bond acceptors (Lipinski definition) is 4. The largest absolute Gasteiger partial charge is 0.490 e. The van der Waals surface area contributed by atoms with Crippen molar-refractivity contribution in [3.05, 3.63) is 90.0 Å². The van der Waals surface area contributed by atoms with Crippen molar-refractivity contribution in [2.45, 2.75) is 19.6 Å². The van der Waals surface area contributed by atoms with E-state index in [-0.39, 0.29) is 18.3 Å². The second kappa shape index (κ2) is 11.0. The minimum absolute atomic E-state index is 0.0488. The second-order valence-corrected chi connectivity index (χ2v) is 6.53. The summed E-state index contributed by atoms with van der Waals surface area (Å²) in [6.45, 7) is -0.758. The van der Waals surface area contributed by atoms with Gasteiger partial charge in [0.2, 0.25) is 0 Å². The minimum atomic E-state index is -2.90. The highest BCUT2D eigenvalue weighted by Crippen LogP contribution is 2.27. The molecule has 1 unspecified atom stereocenters. The quantitative estimate of drug-likeness (QED) is 0.496. The van der Waals surface area contributed by atoms with Crippen molar-refractivity contribution in [1.82, 2.24) is 5.32 Å². The van der Waals surface area contributed by atoms with E-state index in [1.807, 2.05) is 43.3 Å². The number of carbonyl (C=O) groups excluding carboxylic acids is 1. The van der Waals surface area contributed by atoms with Crippen LogP contribution < -0.4 is 19.5 Å². The summed E-state index contributed by atoms with van der Waals surface area (Å²) in [5, 5.41) is 2.94. The van der Waals surface area contributed by atoms with Crippen LogP contribution in [0, 0.1) is 0 Å². The summed E-state index contributed by atoms with van der Waals surface area (Å²) >= 11 is 0. The van der Waals surface area contributed by atoms with E-state index < -0.39 is 12.7 Å². The summed E-state index contributed by atoms with van der Waals surface area (Å²) in [5.74, 6) is 0.747. The molecule has 1 N–H and O–H groups in total. The number of ether oxygens (including phenoxy) is 3. The van der Waals surface area contributed by atoms with Gasteiger partial charge in [0.1, 0.15) is 5.75 Å². The molecule has 5 nitrogen and oxygen atoms in total. The van der Waals surface area contributed by atoms with Crippen molar-refractivity contribution in [2.75, 3.05) is 13.2 Å². The standard InChI is InChI=1S/C24H23F2NO4/c1-2-29-20-10-6-7-11-21(20)30-16-22(28)27-23(17-8-4-3-5-9-17)18-12-14-19(15-13-18)31-24(25)26/h3-15,23-24H,2,16H2,1H3,(H,27,28). The molecule has 0 aromatic heterocycles. The first-order valence-corrected chi connectivity index (χ1v) is 9.80. The van der Waals surface area contributed by atoms with Crippen molar-refractivity contribution in [3.63, 3.8) is 0 Å². The number of rotatable bonds is 10. The van der Waals surface area contributed by atoms with Gasteiger partial charge in [-0.05, 0) is 42.3 Å². The first-order chi connectivity index (χ1) is 15.1. The molecule has 0 heterocycles. The number of carbonyl (C=O) groups is 1. The lowest BCUT2D eigenvalue weighted by Gasteiger charge is -2.20. The normalized spacial score (nSPS) is 11.6. The molecule has 1 atom stereocenters. The van der Waals surface area contributed by atoms with E-state index in [0.717, 1.165) is 11.1 Å². The molecule has 3 rings (SSSR count). The van der Waals surface area contributed by atoms with Gasteiger partial charge >= 0.3 is 6.61 Å². The monoisotopic (exact) mass is 427 g/mol. The van der Waals surface area contributed by atoms with Crippen LogP contribution in [0.2, 0.25) is 0 Å². The van der Waals surface area contributed by atoms with Gasteiger partial charge in [-0.2, -0.15) is 8.78 Å². The third-order valence-electron chi connectivity index (χ3n) is 4.38. The minimum Gasteiger partial charge on any atom is -0.490 e. The zero-order chi connectivity index (χ0) is 22.1. The number of halogens is 2. The summed E-state index contributed by atoms with van der Waals surface area (Å²) in [5.41, 5.74) is 1.56. The fourth-order valence-corrected chi connectivity index (χ4v) is 3.04. The Morgan fingerprint density at radius 3 is 2.03 bits per heavy atom. The van der Waals surface area contributed by atoms with Crippen molar-refractivity contribution < 1.29 is 27.8 Å². The van der Waals surface area contributed by atoms with Gasteiger partial charge in [0.25, 0.3) is 5.91 Å². The van der Waals surface area contributed by atoms with E-state index in [2.05, 4.69) is 10.1 Å². The number of para-hydroxylation sites is 2. The fraction of sp³-hybridized carbons (Fsp3) is 0.208. The number of hydrogen-bond donors (Lipinski definition) is 1. The van der Waals surface area contributed by atoms with E-state index >= 15 is 0 Å². The predicted octanol–water partition coefficient (Wildman–Crippen LogP) is 4.97. The summed E-state index contributed by atoms with van der Waals surface area (Å²) < 4.78 is 40.4. The van der Waals surface area contributed by atoms with Crippen molar-refractivity contribution in [3.8, 4) is 17.2 Å².